The zero-order chi connectivity index (χ0) is 9.14. The van der Waals surface area contributed by atoms with E-state index in [1.807, 2.05) is 0 Å². The summed E-state index contributed by atoms with van der Waals surface area (Å²) in [5.74, 6) is 0.407. The maximum absolute atomic E-state index is 8.90. The molecule has 5 heteroatoms. The summed E-state index contributed by atoms with van der Waals surface area (Å²) in [5, 5.41) is 8.90. The Balaban J connectivity index is 0.00000144. The van der Waals surface area contributed by atoms with Gasteiger partial charge in [-0.05, 0) is 19.1 Å². The second kappa shape index (κ2) is 4.79. The Labute approximate surface area is 82.9 Å². The molecule has 0 saturated carbocycles. The van der Waals surface area contributed by atoms with Gasteiger partial charge < -0.3 is 21.3 Å². The first-order valence-electron chi connectivity index (χ1n) is 3.59. The van der Waals surface area contributed by atoms with Gasteiger partial charge in [0.1, 0.15) is 5.75 Å². The van der Waals surface area contributed by atoms with Crippen molar-refractivity contribution in [2.45, 2.75) is 13.2 Å². The van der Waals surface area contributed by atoms with Crippen LogP contribution in [0.4, 0.5) is 11.4 Å². The zero-order valence-electron chi connectivity index (χ0n) is 7.23. The average Bonchev–Trinajstić information content (AvgIpc) is 1.96. The lowest BCUT2D eigenvalue weighted by Crippen LogP contribution is -2.11. The molecule has 0 fully saturated rings. The lowest BCUT2D eigenvalue weighted by molar-refractivity contribution is 0.000327. The van der Waals surface area contributed by atoms with Crippen molar-refractivity contribution in [2.24, 2.45) is 0 Å². The molecule has 13 heavy (non-hydrogen) atoms. The molecule has 0 bridgehead atoms. The number of aliphatic hydroxyl groups excluding tert-OH is 1. The molecule has 1 aromatic carbocycles. The van der Waals surface area contributed by atoms with Crippen molar-refractivity contribution in [3.8, 4) is 5.75 Å². The Bertz CT molecular complexity index is 279. The number of benzene rings is 1. The maximum Gasteiger partial charge on any atom is 0.194 e. The van der Waals surface area contributed by atoms with E-state index in [4.69, 9.17) is 21.3 Å². The van der Waals surface area contributed by atoms with Gasteiger partial charge in [-0.1, -0.05) is 0 Å². The van der Waals surface area contributed by atoms with Gasteiger partial charge in [-0.3, -0.25) is 0 Å². The van der Waals surface area contributed by atoms with Gasteiger partial charge in [-0.25, -0.2) is 0 Å². The highest BCUT2D eigenvalue weighted by molar-refractivity contribution is 5.85. The number of hydrogen-bond acceptors (Lipinski definition) is 4. The van der Waals surface area contributed by atoms with Crippen molar-refractivity contribution in [1.29, 1.82) is 0 Å². The largest absolute Gasteiger partial charge is 0.463 e. The number of rotatable bonds is 2. The van der Waals surface area contributed by atoms with Crippen LogP contribution in [0.25, 0.3) is 0 Å². The number of hydrogen-bond donors (Lipinski definition) is 3. The van der Waals surface area contributed by atoms with E-state index >= 15 is 0 Å². The topological polar surface area (TPSA) is 81.5 Å². The van der Waals surface area contributed by atoms with Crippen molar-refractivity contribution in [1.82, 2.24) is 0 Å². The molecule has 1 unspecified atom stereocenters. The van der Waals surface area contributed by atoms with Crippen LogP contribution in [0.5, 0.6) is 5.75 Å². The van der Waals surface area contributed by atoms with Gasteiger partial charge in [-0.2, -0.15) is 0 Å². The molecule has 1 aromatic rings. The van der Waals surface area contributed by atoms with Crippen LogP contribution in [0.15, 0.2) is 18.2 Å². The molecule has 4 nitrogen and oxygen atoms in total. The highest BCUT2D eigenvalue weighted by atomic mass is 35.5. The second-order valence-corrected chi connectivity index (χ2v) is 2.51. The summed E-state index contributed by atoms with van der Waals surface area (Å²) < 4.78 is 4.98. The van der Waals surface area contributed by atoms with E-state index in [-0.39, 0.29) is 12.4 Å². The molecule has 0 aliphatic rings. The summed E-state index contributed by atoms with van der Waals surface area (Å²) in [7, 11) is 0. The van der Waals surface area contributed by atoms with Crippen LogP contribution in [0, 0.1) is 0 Å². The van der Waals surface area contributed by atoms with E-state index < -0.39 is 6.29 Å². The summed E-state index contributed by atoms with van der Waals surface area (Å²) in [6.07, 6.45) is -0.880. The highest BCUT2D eigenvalue weighted by Gasteiger charge is 2.03. The average molecular weight is 205 g/mol. The molecule has 0 heterocycles. The molecule has 0 radical (unpaired) electrons. The summed E-state index contributed by atoms with van der Waals surface area (Å²) >= 11 is 0. The van der Waals surface area contributed by atoms with Gasteiger partial charge in [-0.15, -0.1) is 12.4 Å². The molecular weight excluding hydrogens is 192 g/mol. The fourth-order valence-corrected chi connectivity index (χ4v) is 0.837. The van der Waals surface area contributed by atoms with Gasteiger partial charge >= 0.3 is 0 Å². The second-order valence-electron chi connectivity index (χ2n) is 2.51. The quantitative estimate of drug-likeness (QED) is 0.496. The van der Waals surface area contributed by atoms with Crippen LogP contribution >= 0.6 is 12.4 Å². The van der Waals surface area contributed by atoms with E-state index in [1.54, 1.807) is 18.2 Å². The molecule has 0 amide bonds. The van der Waals surface area contributed by atoms with Gasteiger partial charge in [0.15, 0.2) is 6.29 Å². The van der Waals surface area contributed by atoms with E-state index in [1.165, 1.54) is 6.92 Å². The number of aliphatic hydroxyl groups is 1. The molecule has 0 aliphatic heterocycles. The summed E-state index contributed by atoms with van der Waals surface area (Å²) in [4.78, 5) is 0. The van der Waals surface area contributed by atoms with Crippen LogP contribution in [0.3, 0.4) is 0 Å². The van der Waals surface area contributed by atoms with Crippen LogP contribution in [-0.2, 0) is 0 Å². The third kappa shape index (κ3) is 3.40. The number of anilines is 2. The SMILES string of the molecule is CC(O)Oc1cc(N)ccc1N.Cl. The minimum absolute atomic E-state index is 0. The first kappa shape index (κ1) is 11.9. The van der Waals surface area contributed by atoms with Crippen LogP contribution in [0.1, 0.15) is 6.92 Å². The summed E-state index contributed by atoms with van der Waals surface area (Å²) in [6.45, 7) is 1.50. The van der Waals surface area contributed by atoms with Crippen LogP contribution in [-0.4, -0.2) is 11.4 Å². The first-order chi connectivity index (χ1) is 5.59. The van der Waals surface area contributed by atoms with E-state index in [9.17, 15) is 0 Å². The summed E-state index contributed by atoms with van der Waals surface area (Å²) in [5.41, 5.74) is 12.1. The third-order valence-corrected chi connectivity index (χ3v) is 1.34. The minimum Gasteiger partial charge on any atom is -0.463 e. The third-order valence-electron chi connectivity index (χ3n) is 1.34. The number of ether oxygens (including phenoxy) is 1. The molecule has 1 atom stereocenters. The predicted octanol–water partition coefficient (Wildman–Crippen LogP) is 0.990. The van der Waals surface area contributed by atoms with Gasteiger partial charge in [0.25, 0.3) is 0 Å². The molecule has 1 rings (SSSR count). The number of halogens is 1. The van der Waals surface area contributed by atoms with E-state index in [0.29, 0.717) is 17.1 Å². The molecule has 5 N–H and O–H groups in total. The smallest absolute Gasteiger partial charge is 0.194 e. The standard InChI is InChI=1S/C8H12N2O2.ClH/c1-5(11)12-8-4-6(9)2-3-7(8)10;/h2-5,11H,9-10H2,1H3;1H. The normalized spacial score (nSPS) is 11.5. The summed E-state index contributed by atoms with van der Waals surface area (Å²) in [6, 6.07) is 4.87. The first-order valence-corrected chi connectivity index (χ1v) is 3.59. The molecule has 0 aliphatic carbocycles. The van der Waals surface area contributed by atoms with Gasteiger partial charge in [0.05, 0.1) is 5.69 Å². The fourth-order valence-electron chi connectivity index (χ4n) is 0.837. The number of nitrogens with two attached hydrogens (primary N) is 2. The number of nitrogen functional groups attached to an aromatic ring is 2. The van der Waals surface area contributed by atoms with Crippen molar-refractivity contribution in [3.63, 3.8) is 0 Å². The van der Waals surface area contributed by atoms with Gasteiger partial charge in [0, 0.05) is 11.8 Å². The zero-order valence-corrected chi connectivity index (χ0v) is 8.04. The van der Waals surface area contributed by atoms with Gasteiger partial charge in [0.2, 0.25) is 0 Å². The minimum atomic E-state index is -0.880. The molecule has 0 spiro atoms. The van der Waals surface area contributed by atoms with Crippen molar-refractivity contribution in [3.05, 3.63) is 18.2 Å². The fraction of sp³-hybridized carbons (Fsp3) is 0.250. The predicted molar refractivity (Wildman–Crippen MR) is 54.8 cm³/mol. The lowest BCUT2D eigenvalue weighted by Gasteiger charge is -2.11. The Morgan fingerprint density at radius 1 is 1.38 bits per heavy atom. The van der Waals surface area contributed by atoms with Crippen molar-refractivity contribution < 1.29 is 9.84 Å². The Hall–Kier alpha value is -1.13. The monoisotopic (exact) mass is 204 g/mol. The Morgan fingerprint density at radius 2 is 2.00 bits per heavy atom. The highest BCUT2D eigenvalue weighted by Crippen LogP contribution is 2.24. The molecule has 74 valence electrons. The lowest BCUT2D eigenvalue weighted by atomic mass is 10.2. The molecular formula is C8H13ClN2O2. The van der Waals surface area contributed by atoms with Crippen molar-refractivity contribution >= 4 is 23.8 Å². The van der Waals surface area contributed by atoms with E-state index in [2.05, 4.69) is 0 Å². The van der Waals surface area contributed by atoms with E-state index in [0.717, 1.165) is 0 Å². The Morgan fingerprint density at radius 3 is 2.54 bits per heavy atom. The molecule has 0 aromatic heterocycles. The van der Waals surface area contributed by atoms with Crippen LogP contribution in [0.2, 0.25) is 0 Å². The van der Waals surface area contributed by atoms with Crippen molar-refractivity contribution in [2.75, 3.05) is 11.5 Å². The maximum atomic E-state index is 8.90. The Kier molecular flexibility index (Phi) is 4.37. The van der Waals surface area contributed by atoms with Crippen LogP contribution < -0.4 is 16.2 Å². The molecule has 0 saturated heterocycles.